The van der Waals surface area contributed by atoms with E-state index in [1.165, 1.54) is 0 Å². The van der Waals surface area contributed by atoms with Gasteiger partial charge >= 0.3 is 0 Å². The fraction of sp³-hybridized carbons (Fsp3) is 0.200. The van der Waals surface area contributed by atoms with Crippen molar-refractivity contribution in [1.82, 2.24) is 5.32 Å². The number of para-hydroxylation sites is 2. The first-order chi connectivity index (χ1) is 15.7. The van der Waals surface area contributed by atoms with Gasteiger partial charge in [-0.1, -0.05) is 60.7 Å². The smallest absolute Gasteiger partial charge is 0.253 e. The van der Waals surface area contributed by atoms with E-state index in [1.54, 1.807) is 55.5 Å². The molecule has 8 heteroatoms. The lowest BCUT2D eigenvalue weighted by Crippen LogP contribution is -2.38. The van der Waals surface area contributed by atoms with E-state index < -0.39 is 22.5 Å². The summed E-state index contributed by atoms with van der Waals surface area (Å²) in [5, 5.41) is 5.62. The minimum absolute atomic E-state index is 0.232. The molecule has 0 heterocycles. The van der Waals surface area contributed by atoms with Gasteiger partial charge in [-0.25, -0.2) is 8.42 Å². The Morgan fingerprint density at radius 1 is 0.909 bits per heavy atom. The van der Waals surface area contributed by atoms with Crippen molar-refractivity contribution < 1.29 is 18.0 Å². The Kier molecular flexibility index (Phi) is 7.50. The number of anilines is 2. The van der Waals surface area contributed by atoms with Crippen LogP contribution >= 0.6 is 0 Å². The first kappa shape index (κ1) is 24.0. The molecule has 172 valence electrons. The summed E-state index contributed by atoms with van der Waals surface area (Å²) in [6.45, 7) is 3.24. The zero-order valence-corrected chi connectivity index (χ0v) is 19.6. The first-order valence-electron chi connectivity index (χ1n) is 10.4. The summed E-state index contributed by atoms with van der Waals surface area (Å²) >= 11 is 0. The van der Waals surface area contributed by atoms with E-state index in [-0.39, 0.29) is 17.5 Å². The Balaban J connectivity index is 1.77. The molecule has 0 saturated carbocycles. The number of hydrogen-bond donors (Lipinski definition) is 2. The molecule has 0 fully saturated rings. The number of hydrogen-bond acceptors (Lipinski definition) is 4. The standard InChI is InChI=1S/C25H27N3O4S/c1-18-11-7-10-16-23(18)28(33(3,31)32)17-24(29)27-22-15-9-8-14-21(22)25(30)26-19(2)20-12-5-4-6-13-20/h4-16,19H,17H2,1-3H3,(H,26,30)(H,27,29)/t19-/m1/s1. The maximum absolute atomic E-state index is 12.9. The lowest BCUT2D eigenvalue weighted by molar-refractivity contribution is -0.114. The van der Waals surface area contributed by atoms with Crippen LogP contribution in [0.25, 0.3) is 0 Å². The summed E-state index contributed by atoms with van der Waals surface area (Å²) < 4.78 is 25.8. The summed E-state index contributed by atoms with van der Waals surface area (Å²) in [5.41, 5.74) is 2.70. The second-order valence-electron chi connectivity index (χ2n) is 7.76. The third-order valence-electron chi connectivity index (χ3n) is 5.16. The summed E-state index contributed by atoms with van der Waals surface area (Å²) in [6.07, 6.45) is 1.05. The first-order valence-corrected chi connectivity index (χ1v) is 12.3. The Labute approximate surface area is 194 Å². The Morgan fingerprint density at radius 3 is 2.18 bits per heavy atom. The number of sulfonamides is 1. The maximum atomic E-state index is 12.9. The van der Waals surface area contributed by atoms with Crippen molar-refractivity contribution in [3.63, 3.8) is 0 Å². The summed E-state index contributed by atoms with van der Waals surface area (Å²) in [5.74, 6) is -0.902. The third-order valence-corrected chi connectivity index (χ3v) is 6.29. The molecule has 0 saturated heterocycles. The lowest BCUT2D eigenvalue weighted by atomic mass is 10.1. The highest BCUT2D eigenvalue weighted by Crippen LogP contribution is 2.23. The highest BCUT2D eigenvalue weighted by Gasteiger charge is 2.23. The molecule has 2 N–H and O–H groups in total. The van der Waals surface area contributed by atoms with Crippen LogP contribution in [0, 0.1) is 6.92 Å². The van der Waals surface area contributed by atoms with Gasteiger partial charge in [-0.3, -0.25) is 13.9 Å². The van der Waals surface area contributed by atoms with Gasteiger partial charge in [-0.05, 0) is 43.2 Å². The van der Waals surface area contributed by atoms with E-state index in [2.05, 4.69) is 10.6 Å². The largest absolute Gasteiger partial charge is 0.345 e. The Bertz CT molecular complexity index is 1240. The topological polar surface area (TPSA) is 95.6 Å². The van der Waals surface area contributed by atoms with Gasteiger partial charge in [0.25, 0.3) is 5.91 Å². The van der Waals surface area contributed by atoms with Crippen LogP contribution in [0.2, 0.25) is 0 Å². The molecule has 3 aromatic carbocycles. The van der Waals surface area contributed by atoms with E-state index in [0.717, 1.165) is 21.7 Å². The normalized spacial score (nSPS) is 12.0. The van der Waals surface area contributed by atoms with Gasteiger partial charge < -0.3 is 10.6 Å². The molecular weight excluding hydrogens is 438 g/mol. The third kappa shape index (κ3) is 6.20. The van der Waals surface area contributed by atoms with Crippen molar-refractivity contribution in [2.75, 3.05) is 22.4 Å². The van der Waals surface area contributed by atoms with Crippen LogP contribution in [0.5, 0.6) is 0 Å². The predicted octanol–water partition coefficient (Wildman–Crippen LogP) is 3.89. The molecule has 0 aromatic heterocycles. The van der Waals surface area contributed by atoms with Gasteiger partial charge in [0.1, 0.15) is 6.54 Å². The molecule has 0 radical (unpaired) electrons. The van der Waals surface area contributed by atoms with E-state index in [0.29, 0.717) is 11.4 Å². The maximum Gasteiger partial charge on any atom is 0.253 e. The number of nitrogens with zero attached hydrogens (tertiary/aromatic N) is 1. The average Bonchev–Trinajstić information content (AvgIpc) is 2.78. The molecule has 7 nitrogen and oxygen atoms in total. The number of benzene rings is 3. The van der Waals surface area contributed by atoms with Gasteiger partial charge in [0.05, 0.1) is 29.2 Å². The number of nitrogens with one attached hydrogen (secondary N) is 2. The molecule has 0 spiro atoms. The van der Waals surface area contributed by atoms with Crippen molar-refractivity contribution in [3.05, 3.63) is 95.6 Å². The van der Waals surface area contributed by atoms with Gasteiger partial charge in [-0.15, -0.1) is 0 Å². The molecule has 33 heavy (non-hydrogen) atoms. The second kappa shape index (κ2) is 10.3. The van der Waals surface area contributed by atoms with Gasteiger partial charge in [0.2, 0.25) is 15.9 Å². The van der Waals surface area contributed by atoms with E-state index in [4.69, 9.17) is 0 Å². The Morgan fingerprint density at radius 2 is 1.52 bits per heavy atom. The van der Waals surface area contributed by atoms with Crippen molar-refractivity contribution in [2.45, 2.75) is 19.9 Å². The fourth-order valence-corrected chi connectivity index (χ4v) is 4.35. The number of aryl methyl sites for hydroxylation is 1. The molecule has 0 aliphatic heterocycles. The van der Waals surface area contributed by atoms with E-state index >= 15 is 0 Å². The fourth-order valence-electron chi connectivity index (χ4n) is 3.43. The molecule has 0 aliphatic carbocycles. The zero-order chi connectivity index (χ0) is 24.0. The summed E-state index contributed by atoms with van der Waals surface area (Å²) in [4.78, 5) is 25.7. The predicted molar refractivity (Wildman–Crippen MR) is 131 cm³/mol. The van der Waals surface area contributed by atoms with Gasteiger partial charge in [0, 0.05) is 0 Å². The van der Waals surface area contributed by atoms with Crippen LogP contribution in [0.15, 0.2) is 78.9 Å². The lowest BCUT2D eigenvalue weighted by Gasteiger charge is -2.24. The van der Waals surface area contributed by atoms with Crippen LogP contribution in [-0.2, 0) is 14.8 Å². The van der Waals surface area contributed by atoms with Crippen molar-refractivity contribution in [3.8, 4) is 0 Å². The van der Waals surface area contributed by atoms with Crippen molar-refractivity contribution >= 4 is 33.2 Å². The van der Waals surface area contributed by atoms with Crippen molar-refractivity contribution in [1.29, 1.82) is 0 Å². The van der Waals surface area contributed by atoms with Crippen LogP contribution in [0.4, 0.5) is 11.4 Å². The highest BCUT2D eigenvalue weighted by atomic mass is 32.2. The minimum atomic E-state index is -3.71. The summed E-state index contributed by atoms with van der Waals surface area (Å²) in [6, 6.07) is 22.9. The monoisotopic (exact) mass is 465 g/mol. The minimum Gasteiger partial charge on any atom is -0.345 e. The van der Waals surface area contributed by atoms with Crippen molar-refractivity contribution in [2.24, 2.45) is 0 Å². The molecule has 0 bridgehead atoms. The SMILES string of the molecule is Cc1ccccc1N(CC(=O)Nc1ccccc1C(=O)N[C@H](C)c1ccccc1)S(C)(=O)=O. The molecule has 3 aromatic rings. The number of carbonyl (C=O) groups excluding carboxylic acids is 2. The van der Waals surface area contributed by atoms with Crippen LogP contribution in [0.1, 0.15) is 34.5 Å². The zero-order valence-electron chi connectivity index (χ0n) is 18.8. The number of carbonyl (C=O) groups is 2. The van der Waals surface area contributed by atoms with Crippen LogP contribution in [0.3, 0.4) is 0 Å². The number of rotatable bonds is 8. The average molecular weight is 466 g/mol. The molecule has 2 amide bonds. The molecule has 1 atom stereocenters. The molecule has 0 unspecified atom stereocenters. The van der Waals surface area contributed by atoms with Crippen LogP contribution in [-0.4, -0.2) is 33.0 Å². The Hall–Kier alpha value is -3.65. The van der Waals surface area contributed by atoms with E-state index in [1.807, 2.05) is 37.3 Å². The molecule has 0 aliphatic rings. The van der Waals surface area contributed by atoms with E-state index in [9.17, 15) is 18.0 Å². The molecular formula is C25H27N3O4S. The quantitative estimate of drug-likeness (QED) is 0.528. The van der Waals surface area contributed by atoms with Crippen LogP contribution < -0.4 is 14.9 Å². The highest BCUT2D eigenvalue weighted by molar-refractivity contribution is 7.92. The second-order valence-corrected chi connectivity index (χ2v) is 9.66. The summed E-state index contributed by atoms with van der Waals surface area (Å²) in [7, 11) is -3.71. The number of amides is 2. The van der Waals surface area contributed by atoms with Gasteiger partial charge in [0.15, 0.2) is 0 Å². The van der Waals surface area contributed by atoms with Gasteiger partial charge in [-0.2, -0.15) is 0 Å². The molecule has 3 rings (SSSR count).